The summed E-state index contributed by atoms with van der Waals surface area (Å²) in [5.41, 5.74) is 5.16. The lowest BCUT2D eigenvalue weighted by Gasteiger charge is -2.57. The number of nitrogens with zero attached hydrogens (tertiary/aromatic N) is 1. The minimum absolute atomic E-state index is 0.406. The van der Waals surface area contributed by atoms with Crippen molar-refractivity contribution in [1.82, 2.24) is 4.98 Å². The van der Waals surface area contributed by atoms with E-state index in [1.807, 2.05) is 6.07 Å². The second kappa shape index (κ2) is 7.51. The number of hydrogen-bond acceptors (Lipinski definition) is 2. The third-order valence-corrected chi connectivity index (χ3v) is 8.01. The first-order valence-corrected chi connectivity index (χ1v) is 12.0. The maximum absolute atomic E-state index is 6.00. The van der Waals surface area contributed by atoms with Crippen molar-refractivity contribution in [2.24, 2.45) is 17.8 Å². The van der Waals surface area contributed by atoms with E-state index < -0.39 is 0 Å². The van der Waals surface area contributed by atoms with Crippen LogP contribution in [-0.2, 0) is 5.41 Å². The van der Waals surface area contributed by atoms with Crippen molar-refractivity contribution < 1.29 is 4.74 Å². The molecule has 0 radical (unpaired) electrons. The monoisotopic (exact) mass is 409 g/mol. The van der Waals surface area contributed by atoms with Crippen molar-refractivity contribution in [3.63, 3.8) is 0 Å². The van der Waals surface area contributed by atoms with Crippen LogP contribution in [0.15, 0.2) is 54.6 Å². The summed E-state index contributed by atoms with van der Waals surface area (Å²) in [5.74, 6) is 3.85. The first-order chi connectivity index (χ1) is 15.2. The molecule has 3 aromatic rings. The smallest absolute Gasteiger partial charge is 0.126 e. The highest BCUT2D eigenvalue weighted by molar-refractivity contribution is 5.81. The summed E-state index contributed by atoms with van der Waals surface area (Å²) in [4.78, 5) is 4.82. The Labute approximate surface area is 185 Å². The molecule has 1 aromatic heterocycles. The minimum atomic E-state index is 0.406. The van der Waals surface area contributed by atoms with Crippen molar-refractivity contribution >= 4 is 23.1 Å². The van der Waals surface area contributed by atoms with Gasteiger partial charge in [0.25, 0.3) is 0 Å². The van der Waals surface area contributed by atoms with Gasteiger partial charge >= 0.3 is 0 Å². The summed E-state index contributed by atoms with van der Waals surface area (Å²) in [6, 6.07) is 19.5. The van der Waals surface area contributed by atoms with Crippen LogP contribution in [0.3, 0.4) is 0 Å². The molecule has 0 amide bonds. The third kappa shape index (κ3) is 3.46. The maximum atomic E-state index is 6.00. The first-order valence-electron chi connectivity index (χ1n) is 12.0. The molecule has 2 nitrogen and oxygen atoms in total. The average molecular weight is 410 g/mol. The maximum Gasteiger partial charge on any atom is 0.126 e. The van der Waals surface area contributed by atoms with Crippen LogP contribution in [0, 0.1) is 17.8 Å². The summed E-state index contributed by atoms with van der Waals surface area (Å²) < 4.78 is 6.00. The van der Waals surface area contributed by atoms with Gasteiger partial charge < -0.3 is 4.74 Å². The quantitative estimate of drug-likeness (QED) is 0.442. The second-order valence-electron chi connectivity index (χ2n) is 10.1. The first kappa shape index (κ1) is 19.1. The van der Waals surface area contributed by atoms with Gasteiger partial charge in [0.05, 0.1) is 17.8 Å². The Balaban J connectivity index is 1.35. The molecule has 4 aliphatic carbocycles. The normalized spacial score (nSPS) is 29.1. The van der Waals surface area contributed by atoms with E-state index in [9.17, 15) is 0 Å². The highest BCUT2D eigenvalue weighted by atomic mass is 16.5. The van der Waals surface area contributed by atoms with E-state index in [-0.39, 0.29) is 0 Å². The van der Waals surface area contributed by atoms with Gasteiger partial charge in [-0.15, -0.1) is 0 Å². The molecule has 4 bridgehead atoms. The zero-order valence-electron chi connectivity index (χ0n) is 18.4. The Hall–Kier alpha value is -2.61. The number of para-hydroxylation sites is 1. The fraction of sp³-hybridized carbons (Fsp3) is 0.414. The second-order valence-corrected chi connectivity index (χ2v) is 10.1. The summed E-state index contributed by atoms with van der Waals surface area (Å²) in [6.07, 6.45) is 13.0. The average Bonchev–Trinajstić information content (AvgIpc) is 2.77. The van der Waals surface area contributed by atoms with Gasteiger partial charge in [0.1, 0.15) is 5.75 Å². The van der Waals surface area contributed by atoms with E-state index in [4.69, 9.17) is 9.72 Å². The molecule has 0 saturated heterocycles. The molecule has 158 valence electrons. The van der Waals surface area contributed by atoms with Crippen LogP contribution in [0.5, 0.6) is 5.75 Å². The predicted octanol–water partition coefficient (Wildman–Crippen LogP) is 7.27. The topological polar surface area (TPSA) is 22.1 Å². The van der Waals surface area contributed by atoms with E-state index in [0.29, 0.717) is 12.0 Å². The molecule has 0 N–H and O–H groups in total. The SMILES string of the molecule is CCOc1ccc(C23CC4CC(CC(C4)C2)C3)cc1C=Cc1ccc2ccccc2n1. The van der Waals surface area contributed by atoms with Crippen molar-refractivity contribution in [3.05, 3.63) is 71.4 Å². The van der Waals surface area contributed by atoms with Gasteiger partial charge in [-0.05, 0) is 111 Å². The number of benzene rings is 2. The highest BCUT2D eigenvalue weighted by Gasteiger charge is 2.51. The number of pyridine rings is 1. The summed E-state index contributed by atoms with van der Waals surface area (Å²) in [6.45, 7) is 2.75. The van der Waals surface area contributed by atoms with Crippen molar-refractivity contribution in [2.75, 3.05) is 6.61 Å². The van der Waals surface area contributed by atoms with Gasteiger partial charge in [-0.1, -0.05) is 30.3 Å². The van der Waals surface area contributed by atoms with E-state index in [1.54, 1.807) is 5.56 Å². The van der Waals surface area contributed by atoms with E-state index >= 15 is 0 Å². The molecular formula is C29H31NO. The summed E-state index contributed by atoms with van der Waals surface area (Å²) in [7, 11) is 0. The van der Waals surface area contributed by atoms with Crippen molar-refractivity contribution in [1.29, 1.82) is 0 Å². The zero-order valence-corrected chi connectivity index (χ0v) is 18.4. The van der Waals surface area contributed by atoms with E-state index in [0.717, 1.165) is 34.7 Å². The Morgan fingerprint density at radius 2 is 1.65 bits per heavy atom. The molecule has 4 saturated carbocycles. The Morgan fingerprint density at radius 3 is 2.39 bits per heavy atom. The number of fused-ring (bicyclic) bond motifs is 1. The molecule has 7 rings (SSSR count). The van der Waals surface area contributed by atoms with Crippen LogP contribution in [0.25, 0.3) is 23.1 Å². The van der Waals surface area contributed by atoms with Crippen molar-refractivity contribution in [3.8, 4) is 5.75 Å². The van der Waals surface area contributed by atoms with Gasteiger partial charge in [0.2, 0.25) is 0 Å². The Kier molecular flexibility index (Phi) is 4.63. The van der Waals surface area contributed by atoms with Crippen LogP contribution in [0.4, 0.5) is 0 Å². The zero-order chi connectivity index (χ0) is 20.8. The summed E-state index contributed by atoms with van der Waals surface area (Å²) in [5, 5.41) is 1.18. The van der Waals surface area contributed by atoms with Gasteiger partial charge in [0, 0.05) is 10.9 Å². The van der Waals surface area contributed by atoms with E-state index in [2.05, 4.69) is 67.6 Å². The predicted molar refractivity (Wildman–Crippen MR) is 128 cm³/mol. The van der Waals surface area contributed by atoms with E-state index in [1.165, 1.54) is 49.5 Å². The van der Waals surface area contributed by atoms with Gasteiger partial charge in [-0.25, -0.2) is 4.98 Å². The molecule has 0 spiro atoms. The molecule has 0 unspecified atom stereocenters. The third-order valence-electron chi connectivity index (χ3n) is 8.01. The summed E-state index contributed by atoms with van der Waals surface area (Å²) >= 11 is 0. The largest absolute Gasteiger partial charge is 0.493 e. The molecule has 2 heteroatoms. The number of ether oxygens (including phenoxy) is 1. The fourth-order valence-electron chi connectivity index (χ4n) is 7.11. The number of hydrogen-bond donors (Lipinski definition) is 0. The molecule has 1 heterocycles. The van der Waals surface area contributed by atoms with Gasteiger partial charge in [0.15, 0.2) is 0 Å². The van der Waals surface area contributed by atoms with Crippen molar-refractivity contribution in [2.45, 2.75) is 50.9 Å². The molecule has 2 aromatic carbocycles. The Morgan fingerprint density at radius 1 is 0.903 bits per heavy atom. The lowest BCUT2D eigenvalue weighted by Crippen LogP contribution is -2.48. The molecule has 4 aliphatic rings. The molecule has 4 fully saturated rings. The van der Waals surface area contributed by atoms with Crippen LogP contribution >= 0.6 is 0 Å². The van der Waals surface area contributed by atoms with Gasteiger partial charge in [-0.2, -0.15) is 0 Å². The highest BCUT2D eigenvalue weighted by Crippen LogP contribution is 2.60. The van der Waals surface area contributed by atoms with Crippen LogP contribution in [0.1, 0.15) is 62.3 Å². The standard InChI is InChI=1S/C29H31NO/c1-2-31-28-12-9-25(29-17-20-13-21(18-29)15-22(14-20)19-29)16-24(28)8-11-26-10-7-23-5-3-4-6-27(23)30-26/h3-12,16,20-22H,2,13-15,17-19H2,1H3. The molecule has 31 heavy (non-hydrogen) atoms. The van der Waals surface area contributed by atoms with Crippen LogP contribution in [0.2, 0.25) is 0 Å². The Bertz CT molecular complexity index is 1110. The number of rotatable bonds is 5. The fourth-order valence-corrected chi connectivity index (χ4v) is 7.11. The molecule has 0 aliphatic heterocycles. The lowest BCUT2D eigenvalue weighted by molar-refractivity contribution is -0.00521. The number of aromatic nitrogens is 1. The van der Waals surface area contributed by atoms with Crippen LogP contribution in [-0.4, -0.2) is 11.6 Å². The molecule has 0 atom stereocenters. The minimum Gasteiger partial charge on any atom is -0.493 e. The molecular weight excluding hydrogens is 378 g/mol. The lowest BCUT2D eigenvalue weighted by atomic mass is 9.48. The van der Waals surface area contributed by atoms with Gasteiger partial charge in [-0.3, -0.25) is 0 Å². The van der Waals surface area contributed by atoms with Crippen LogP contribution < -0.4 is 4.74 Å².